The fourth-order valence-corrected chi connectivity index (χ4v) is 10.1. The van der Waals surface area contributed by atoms with Gasteiger partial charge in [0.1, 0.15) is 5.75 Å². The maximum atomic E-state index is 13.2. The van der Waals surface area contributed by atoms with Gasteiger partial charge in [0, 0.05) is 18.1 Å². The van der Waals surface area contributed by atoms with Crippen LogP contribution in [0, 0.1) is 5.92 Å². The molecule has 0 saturated heterocycles. The predicted octanol–water partition coefficient (Wildman–Crippen LogP) is 19.9. The molecule has 0 unspecified atom stereocenters. The highest BCUT2D eigenvalue weighted by atomic mass is 32.2. The second-order valence-corrected chi connectivity index (χ2v) is 20.5. The average molecular weight is 892 g/mol. The van der Waals surface area contributed by atoms with Gasteiger partial charge in [0.05, 0.1) is 6.61 Å². The Kier molecular flexibility index (Phi) is 39.0. The van der Waals surface area contributed by atoms with Gasteiger partial charge in [-0.1, -0.05) is 276 Å². The predicted molar refractivity (Wildman–Crippen MR) is 281 cm³/mol. The molecule has 0 aromatic heterocycles. The van der Waals surface area contributed by atoms with E-state index in [2.05, 4.69) is 45.1 Å². The van der Waals surface area contributed by atoms with Crippen LogP contribution in [0.4, 0.5) is 0 Å². The summed E-state index contributed by atoms with van der Waals surface area (Å²) in [4.78, 5) is 12.8. The molecule has 1 aromatic rings. The summed E-state index contributed by atoms with van der Waals surface area (Å²) in [7, 11) is 0. The van der Waals surface area contributed by atoms with Crippen molar-refractivity contribution >= 4 is 17.5 Å². The number of allylic oxidation sites excluding steroid dienone is 4. The lowest BCUT2D eigenvalue weighted by Gasteiger charge is -2.30. The molecule has 0 bridgehead atoms. The van der Waals surface area contributed by atoms with Gasteiger partial charge in [-0.25, -0.2) is 0 Å². The zero-order chi connectivity index (χ0) is 45.0. The van der Waals surface area contributed by atoms with Crippen molar-refractivity contribution in [3.8, 4) is 5.75 Å². The summed E-state index contributed by atoms with van der Waals surface area (Å²) < 4.78 is 12.7. The van der Waals surface area contributed by atoms with Crippen molar-refractivity contribution in [1.82, 2.24) is 0 Å². The van der Waals surface area contributed by atoms with Crippen molar-refractivity contribution in [3.05, 3.63) is 66.3 Å². The first-order valence-electron chi connectivity index (χ1n) is 27.7. The second-order valence-electron chi connectivity index (χ2n) is 19.2. The van der Waals surface area contributed by atoms with E-state index in [1.807, 2.05) is 42.1 Å². The van der Waals surface area contributed by atoms with Gasteiger partial charge >= 0.3 is 0 Å². The SMILES string of the molecule is CCCCCCCCCCCCCCCCCCCCOc1cccc(C(=O)/C=C/C2C=CC(OCCCCCCCCCCCCCCCCCCCC)(SCCCC)C=C2)c1. The molecule has 1 aliphatic carbocycles. The Balaban J connectivity index is 1.53. The molecule has 1 aliphatic rings. The molecule has 63 heavy (non-hydrogen) atoms. The van der Waals surface area contributed by atoms with Gasteiger partial charge in [0.15, 0.2) is 10.7 Å². The Bertz CT molecular complexity index is 1240. The number of ketones is 1. The van der Waals surface area contributed by atoms with Crippen molar-refractivity contribution in [3.63, 3.8) is 0 Å². The van der Waals surface area contributed by atoms with Gasteiger partial charge in [-0.2, -0.15) is 0 Å². The van der Waals surface area contributed by atoms with Crippen LogP contribution in [-0.4, -0.2) is 29.7 Å². The molecular formula is C59H102O3S. The first-order valence-corrected chi connectivity index (χ1v) is 28.7. The highest BCUT2D eigenvalue weighted by Crippen LogP contribution is 2.35. The number of thioether (sulfide) groups is 1. The van der Waals surface area contributed by atoms with E-state index in [1.54, 1.807) is 6.08 Å². The van der Waals surface area contributed by atoms with Gasteiger partial charge < -0.3 is 9.47 Å². The first kappa shape index (κ1) is 57.3. The van der Waals surface area contributed by atoms with Crippen LogP contribution >= 0.6 is 11.8 Å². The number of unbranched alkanes of at least 4 members (excludes halogenated alkanes) is 35. The Morgan fingerprint density at radius 2 is 0.889 bits per heavy atom. The molecule has 0 radical (unpaired) electrons. The normalized spacial score (nSPS) is 16.1. The van der Waals surface area contributed by atoms with Crippen LogP contribution in [0.2, 0.25) is 0 Å². The fraction of sp³-hybridized carbons (Fsp3) is 0.780. The minimum Gasteiger partial charge on any atom is -0.494 e. The smallest absolute Gasteiger partial charge is 0.185 e. The number of carbonyl (C=O) groups excluding carboxylic acids is 1. The minimum absolute atomic E-state index is 0.0231. The van der Waals surface area contributed by atoms with Gasteiger partial charge in [-0.05, 0) is 55.4 Å². The van der Waals surface area contributed by atoms with Crippen LogP contribution in [-0.2, 0) is 4.74 Å². The van der Waals surface area contributed by atoms with Crippen LogP contribution in [0.1, 0.15) is 275 Å². The molecule has 0 aliphatic heterocycles. The van der Waals surface area contributed by atoms with Gasteiger partial charge in [-0.15, -0.1) is 11.8 Å². The molecule has 0 atom stereocenters. The highest BCUT2D eigenvalue weighted by Gasteiger charge is 2.28. The summed E-state index contributed by atoms with van der Waals surface area (Å²) in [5.74, 6) is 1.99. The number of carbonyl (C=O) groups is 1. The van der Waals surface area contributed by atoms with Gasteiger partial charge in [0.25, 0.3) is 0 Å². The van der Waals surface area contributed by atoms with E-state index in [1.165, 1.54) is 231 Å². The number of benzene rings is 1. The molecule has 362 valence electrons. The molecular weight excluding hydrogens is 789 g/mol. The van der Waals surface area contributed by atoms with E-state index >= 15 is 0 Å². The largest absolute Gasteiger partial charge is 0.494 e. The molecule has 0 fully saturated rings. The number of ether oxygens (including phenoxy) is 2. The van der Waals surface area contributed by atoms with Gasteiger partial charge in [0.2, 0.25) is 0 Å². The summed E-state index contributed by atoms with van der Waals surface area (Å²) in [6.07, 6.45) is 64.9. The van der Waals surface area contributed by atoms with E-state index in [0.717, 1.165) is 31.0 Å². The number of rotatable bonds is 47. The Morgan fingerprint density at radius 1 is 0.508 bits per heavy atom. The lowest BCUT2D eigenvalue weighted by molar-refractivity contribution is 0.0867. The Morgan fingerprint density at radius 3 is 1.30 bits per heavy atom. The van der Waals surface area contributed by atoms with Crippen LogP contribution in [0.25, 0.3) is 0 Å². The summed E-state index contributed by atoms with van der Waals surface area (Å²) in [6, 6.07) is 7.70. The van der Waals surface area contributed by atoms with E-state index in [0.29, 0.717) is 12.2 Å². The van der Waals surface area contributed by atoms with Crippen molar-refractivity contribution in [1.29, 1.82) is 0 Å². The minimum atomic E-state index is -0.393. The van der Waals surface area contributed by atoms with Crippen molar-refractivity contribution in [2.75, 3.05) is 19.0 Å². The molecule has 0 N–H and O–H groups in total. The zero-order valence-electron chi connectivity index (χ0n) is 42.0. The molecule has 0 heterocycles. The van der Waals surface area contributed by atoms with Crippen LogP contribution in [0.3, 0.4) is 0 Å². The quantitative estimate of drug-likeness (QED) is 0.0215. The summed E-state index contributed by atoms with van der Waals surface area (Å²) >= 11 is 1.90. The topological polar surface area (TPSA) is 35.5 Å². The Hall–Kier alpha value is -1.78. The number of hydrogen-bond donors (Lipinski definition) is 0. The average Bonchev–Trinajstić information content (AvgIpc) is 3.30. The lowest BCUT2D eigenvalue weighted by Crippen LogP contribution is -2.27. The molecule has 3 nitrogen and oxygen atoms in total. The maximum absolute atomic E-state index is 13.2. The molecule has 1 aromatic carbocycles. The number of hydrogen-bond acceptors (Lipinski definition) is 4. The summed E-state index contributed by atoms with van der Waals surface area (Å²) in [5, 5.41) is 0. The van der Waals surface area contributed by atoms with E-state index in [4.69, 9.17) is 9.47 Å². The first-order chi connectivity index (χ1) is 31.1. The van der Waals surface area contributed by atoms with E-state index in [-0.39, 0.29) is 11.7 Å². The van der Waals surface area contributed by atoms with Crippen molar-refractivity contribution in [2.24, 2.45) is 5.92 Å². The monoisotopic (exact) mass is 891 g/mol. The fourth-order valence-electron chi connectivity index (χ4n) is 8.81. The second kappa shape index (κ2) is 42.8. The van der Waals surface area contributed by atoms with Crippen molar-refractivity contribution < 1.29 is 14.3 Å². The molecule has 2 rings (SSSR count). The van der Waals surface area contributed by atoms with E-state index in [9.17, 15) is 4.79 Å². The molecule has 0 saturated carbocycles. The summed E-state index contributed by atoms with van der Waals surface area (Å²) in [6.45, 7) is 8.35. The van der Waals surface area contributed by atoms with Gasteiger partial charge in [-0.3, -0.25) is 4.79 Å². The van der Waals surface area contributed by atoms with E-state index < -0.39 is 4.93 Å². The summed E-state index contributed by atoms with van der Waals surface area (Å²) in [5.41, 5.74) is 0.683. The van der Waals surface area contributed by atoms with Crippen LogP contribution < -0.4 is 4.74 Å². The molecule has 4 heteroatoms. The Labute approximate surface area is 396 Å². The molecule has 0 amide bonds. The lowest BCUT2D eigenvalue weighted by atomic mass is 9.99. The third kappa shape index (κ3) is 33.4. The standard InChI is InChI=1S/C59H102O3S/c1-4-7-10-12-14-16-18-20-22-24-26-28-30-32-34-36-38-40-51-61-57-44-42-43-56(54-57)58(60)46-45-55-47-49-59(50-48-55,63-53-9-6-3)62-52-41-39-37-35-33-31-29-27-25-23-21-19-17-15-13-11-8-5-2/h42-50,54-55H,4-41,51-53H2,1-3H3/b46-45+. The zero-order valence-corrected chi connectivity index (χ0v) is 42.8. The highest BCUT2D eigenvalue weighted by molar-refractivity contribution is 8.00. The third-order valence-corrected chi connectivity index (χ3v) is 14.4. The van der Waals surface area contributed by atoms with Crippen molar-refractivity contribution in [2.45, 2.75) is 270 Å². The van der Waals surface area contributed by atoms with Crippen LogP contribution in [0.5, 0.6) is 5.75 Å². The third-order valence-electron chi connectivity index (χ3n) is 13.1. The molecule has 0 spiro atoms. The maximum Gasteiger partial charge on any atom is 0.185 e. The van der Waals surface area contributed by atoms with Crippen LogP contribution in [0.15, 0.2) is 60.7 Å².